The number of benzene rings is 1. The van der Waals surface area contributed by atoms with E-state index < -0.39 is 0 Å². The van der Waals surface area contributed by atoms with Gasteiger partial charge in [-0.15, -0.1) is 0 Å². The summed E-state index contributed by atoms with van der Waals surface area (Å²) in [6, 6.07) is 8.82. The van der Waals surface area contributed by atoms with E-state index in [0.717, 1.165) is 6.42 Å². The summed E-state index contributed by atoms with van der Waals surface area (Å²) in [5, 5.41) is 0. The largest absolute Gasteiger partial charge is 0.465 e. The van der Waals surface area contributed by atoms with E-state index in [4.69, 9.17) is 9.47 Å². The minimum Gasteiger partial charge on any atom is -0.465 e. The van der Waals surface area contributed by atoms with Crippen LogP contribution in [0.2, 0.25) is 0 Å². The van der Waals surface area contributed by atoms with E-state index in [1.165, 1.54) is 6.92 Å². The van der Waals surface area contributed by atoms with Crippen molar-refractivity contribution in [2.24, 2.45) is 5.92 Å². The van der Waals surface area contributed by atoms with Gasteiger partial charge in [-0.2, -0.15) is 0 Å². The van der Waals surface area contributed by atoms with E-state index in [-0.39, 0.29) is 31.1 Å². The number of carbonyl (C=O) groups is 2. The van der Waals surface area contributed by atoms with E-state index in [9.17, 15) is 9.59 Å². The molecule has 0 aromatic heterocycles. The average molecular weight is 250 g/mol. The summed E-state index contributed by atoms with van der Waals surface area (Å²) in [6.07, 6.45) is 0.787. The first-order chi connectivity index (χ1) is 8.63. The molecule has 1 aromatic rings. The van der Waals surface area contributed by atoms with Crippen molar-refractivity contribution in [3.8, 4) is 0 Å². The summed E-state index contributed by atoms with van der Waals surface area (Å²) in [5.41, 5.74) is 0.528. The van der Waals surface area contributed by atoms with Crippen LogP contribution in [0.15, 0.2) is 30.3 Å². The molecule has 0 aliphatic heterocycles. The van der Waals surface area contributed by atoms with Crippen LogP contribution in [0, 0.1) is 5.92 Å². The van der Waals surface area contributed by atoms with Crippen LogP contribution in [-0.2, 0) is 14.3 Å². The summed E-state index contributed by atoms with van der Waals surface area (Å²) >= 11 is 0. The topological polar surface area (TPSA) is 52.6 Å². The highest BCUT2D eigenvalue weighted by molar-refractivity contribution is 5.89. The van der Waals surface area contributed by atoms with Crippen molar-refractivity contribution >= 4 is 11.9 Å². The zero-order valence-electron chi connectivity index (χ0n) is 10.7. The van der Waals surface area contributed by atoms with Gasteiger partial charge in [0, 0.05) is 12.8 Å². The Morgan fingerprint density at radius 2 is 1.72 bits per heavy atom. The highest BCUT2D eigenvalue weighted by Gasteiger charge is 2.12. The van der Waals surface area contributed by atoms with Crippen LogP contribution in [-0.4, -0.2) is 25.2 Å². The van der Waals surface area contributed by atoms with Crippen molar-refractivity contribution in [1.29, 1.82) is 0 Å². The maximum atomic E-state index is 11.7. The molecule has 0 fully saturated rings. The van der Waals surface area contributed by atoms with E-state index in [0.29, 0.717) is 5.56 Å². The molecule has 18 heavy (non-hydrogen) atoms. The van der Waals surface area contributed by atoms with E-state index in [1.807, 2.05) is 13.0 Å². The maximum Gasteiger partial charge on any atom is 0.338 e. The molecule has 0 spiro atoms. The molecule has 98 valence electrons. The minimum atomic E-state index is -0.350. The van der Waals surface area contributed by atoms with Gasteiger partial charge >= 0.3 is 11.9 Å². The number of rotatable bonds is 6. The van der Waals surface area contributed by atoms with Gasteiger partial charge in [-0.25, -0.2) is 4.79 Å². The number of esters is 2. The first-order valence-corrected chi connectivity index (χ1v) is 5.99. The standard InChI is InChI=1S/C14H18O4/c1-3-12(9-17-11(2)15)10-18-14(16)13-7-5-4-6-8-13/h4-8,12H,3,9-10H2,1-2H3. The number of ether oxygens (including phenoxy) is 2. The highest BCUT2D eigenvalue weighted by atomic mass is 16.5. The monoisotopic (exact) mass is 250 g/mol. The molecule has 1 rings (SSSR count). The van der Waals surface area contributed by atoms with E-state index in [1.54, 1.807) is 24.3 Å². The van der Waals surface area contributed by atoms with Crippen molar-refractivity contribution in [2.75, 3.05) is 13.2 Å². The minimum absolute atomic E-state index is 0.0431. The van der Waals surface area contributed by atoms with Gasteiger partial charge in [-0.1, -0.05) is 25.1 Å². The van der Waals surface area contributed by atoms with E-state index >= 15 is 0 Å². The molecule has 0 saturated carbocycles. The summed E-state index contributed by atoms with van der Waals surface area (Å²) in [4.78, 5) is 22.4. The smallest absolute Gasteiger partial charge is 0.338 e. The maximum absolute atomic E-state index is 11.7. The Labute approximate surface area is 107 Å². The lowest BCUT2D eigenvalue weighted by Crippen LogP contribution is -2.19. The Morgan fingerprint density at radius 1 is 1.11 bits per heavy atom. The predicted molar refractivity (Wildman–Crippen MR) is 67.1 cm³/mol. The van der Waals surface area contributed by atoms with Crippen molar-refractivity contribution in [3.05, 3.63) is 35.9 Å². The molecular formula is C14H18O4. The lowest BCUT2D eigenvalue weighted by atomic mass is 10.1. The lowest BCUT2D eigenvalue weighted by molar-refractivity contribution is -0.142. The molecule has 0 aliphatic carbocycles. The second-order valence-corrected chi connectivity index (χ2v) is 4.04. The quantitative estimate of drug-likeness (QED) is 0.728. The van der Waals surface area contributed by atoms with Crippen LogP contribution in [0.25, 0.3) is 0 Å². The van der Waals surface area contributed by atoms with Gasteiger partial charge in [0.05, 0.1) is 18.8 Å². The number of carbonyl (C=O) groups excluding carboxylic acids is 2. The Morgan fingerprint density at radius 3 is 2.28 bits per heavy atom. The van der Waals surface area contributed by atoms with Gasteiger partial charge in [-0.05, 0) is 18.6 Å². The van der Waals surface area contributed by atoms with Gasteiger partial charge < -0.3 is 9.47 Å². The van der Waals surface area contributed by atoms with Crippen LogP contribution in [0.4, 0.5) is 0 Å². The van der Waals surface area contributed by atoms with Crippen LogP contribution in [0.1, 0.15) is 30.6 Å². The fraction of sp³-hybridized carbons (Fsp3) is 0.429. The van der Waals surface area contributed by atoms with Crippen LogP contribution in [0.5, 0.6) is 0 Å². The fourth-order valence-corrected chi connectivity index (χ4v) is 1.37. The highest BCUT2D eigenvalue weighted by Crippen LogP contribution is 2.07. The van der Waals surface area contributed by atoms with Crippen LogP contribution in [0.3, 0.4) is 0 Å². The first kappa shape index (κ1) is 14.2. The van der Waals surface area contributed by atoms with Gasteiger partial charge in [0.15, 0.2) is 0 Å². The molecule has 1 atom stereocenters. The summed E-state index contributed by atoms with van der Waals surface area (Å²) < 4.78 is 10.1. The third-order valence-electron chi connectivity index (χ3n) is 2.56. The third kappa shape index (κ3) is 4.99. The number of hydrogen-bond donors (Lipinski definition) is 0. The second kappa shape index (κ2) is 7.48. The Balaban J connectivity index is 2.38. The molecular weight excluding hydrogens is 232 g/mol. The molecule has 4 nitrogen and oxygen atoms in total. The SMILES string of the molecule is CCC(COC(C)=O)COC(=O)c1ccccc1. The summed E-state index contributed by atoms with van der Waals surface area (Å²) in [7, 11) is 0. The molecule has 0 radical (unpaired) electrons. The van der Waals surface area contributed by atoms with Gasteiger partial charge in [0.25, 0.3) is 0 Å². The second-order valence-electron chi connectivity index (χ2n) is 4.04. The fourth-order valence-electron chi connectivity index (χ4n) is 1.37. The lowest BCUT2D eigenvalue weighted by Gasteiger charge is -2.14. The molecule has 0 amide bonds. The predicted octanol–water partition coefficient (Wildman–Crippen LogP) is 2.43. The molecule has 0 bridgehead atoms. The third-order valence-corrected chi connectivity index (χ3v) is 2.56. The van der Waals surface area contributed by atoms with Crippen molar-refractivity contribution < 1.29 is 19.1 Å². The van der Waals surface area contributed by atoms with Crippen molar-refractivity contribution in [1.82, 2.24) is 0 Å². The molecule has 1 aromatic carbocycles. The average Bonchev–Trinajstić information content (AvgIpc) is 2.39. The molecule has 0 N–H and O–H groups in total. The van der Waals surface area contributed by atoms with Crippen LogP contribution < -0.4 is 0 Å². The molecule has 1 unspecified atom stereocenters. The molecule has 0 saturated heterocycles. The zero-order chi connectivity index (χ0) is 13.4. The zero-order valence-corrected chi connectivity index (χ0v) is 10.7. The first-order valence-electron chi connectivity index (χ1n) is 5.99. The summed E-state index contributed by atoms with van der Waals surface area (Å²) in [5.74, 6) is -0.624. The van der Waals surface area contributed by atoms with Gasteiger partial charge in [0.2, 0.25) is 0 Å². The molecule has 0 heterocycles. The summed E-state index contributed by atoms with van der Waals surface area (Å²) in [6.45, 7) is 3.87. The molecule has 4 heteroatoms. The van der Waals surface area contributed by atoms with E-state index in [2.05, 4.69) is 0 Å². The Bertz CT molecular complexity index is 386. The Hall–Kier alpha value is -1.84. The van der Waals surface area contributed by atoms with Crippen molar-refractivity contribution in [2.45, 2.75) is 20.3 Å². The van der Waals surface area contributed by atoms with Gasteiger partial charge in [0.1, 0.15) is 0 Å². The normalized spacial score (nSPS) is 11.7. The van der Waals surface area contributed by atoms with Gasteiger partial charge in [-0.3, -0.25) is 4.79 Å². The molecule has 0 aliphatic rings. The van der Waals surface area contributed by atoms with Crippen molar-refractivity contribution in [3.63, 3.8) is 0 Å². The number of hydrogen-bond acceptors (Lipinski definition) is 4. The van der Waals surface area contributed by atoms with Crippen LogP contribution >= 0.6 is 0 Å². The Kier molecular flexibility index (Phi) is 5.91.